The van der Waals surface area contributed by atoms with E-state index >= 15 is 0 Å². The Morgan fingerprint density at radius 2 is 2.12 bits per heavy atom. The zero-order valence-corrected chi connectivity index (χ0v) is 14.6. The van der Waals surface area contributed by atoms with Gasteiger partial charge in [0.1, 0.15) is 11.9 Å². The lowest BCUT2D eigenvalue weighted by Crippen LogP contribution is -2.38. The number of nitrogens with zero attached hydrogens (tertiary/aromatic N) is 4. The molecule has 6 nitrogen and oxygen atoms in total. The fourth-order valence-corrected chi connectivity index (χ4v) is 3.56. The Hall–Kier alpha value is -2.46. The van der Waals surface area contributed by atoms with E-state index in [9.17, 15) is 4.79 Å². The van der Waals surface area contributed by atoms with E-state index in [1.54, 1.807) is 12.3 Å². The van der Waals surface area contributed by atoms with Crippen LogP contribution in [0.4, 0.5) is 10.9 Å². The van der Waals surface area contributed by atoms with Crippen molar-refractivity contribution in [2.24, 2.45) is 5.92 Å². The second-order valence-electron chi connectivity index (χ2n) is 5.93. The molecule has 1 fully saturated rings. The Kier molecular flexibility index (Phi) is 4.76. The van der Waals surface area contributed by atoms with Gasteiger partial charge in [0.15, 0.2) is 5.13 Å². The number of carbonyl (C=O) groups excluding carboxylic acids is 1. The number of hydrogen-bond donors (Lipinski definition) is 1. The van der Waals surface area contributed by atoms with Gasteiger partial charge in [0.05, 0.1) is 11.3 Å². The highest BCUT2D eigenvalue weighted by atomic mass is 32.1. The predicted octanol–water partition coefficient (Wildman–Crippen LogP) is 2.88. The zero-order valence-electron chi connectivity index (χ0n) is 13.7. The number of thiazole rings is 1. The van der Waals surface area contributed by atoms with Gasteiger partial charge in [0.2, 0.25) is 5.91 Å². The summed E-state index contributed by atoms with van der Waals surface area (Å²) in [6.07, 6.45) is 3.16. The third kappa shape index (κ3) is 3.54. The number of aromatic nitrogens is 2. The van der Waals surface area contributed by atoms with E-state index in [-0.39, 0.29) is 11.8 Å². The van der Waals surface area contributed by atoms with Crippen molar-refractivity contribution in [2.75, 3.05) is 23.3 Å². The van der Waals surface area contributed by atoms with Crippen LogP contribution in [0.5, 0.6) is 0 Å². The van der Waals surface area contributed by atoms with Crippen LogP contribution < -0.4 is 10.2 Å². The molecule has 0 bridgehead atoms. The number of carbonyl (C=O) groups is 1. The minimum absolute atomic E-state index is 0.00384. The van der Waals surface area contributed by atoms with Gasteiger partial charge in [0.25, 0.3) is 0 Å². The molecule has 0 saturated carbocycles. The van der Waals surface area contributed by atoms with Crippen LogP contribution in [0.2, 0.25) is 0 Å². The molecule has 1 amide bonds. The molecule has 2 aromatic heterocycles. The van der Waals surface area contributed by atoms with Gasteiger partial charge in [-0.1, -0.05) is 0 Å². The normalized spacial score (nSPS) is 15.1. The van der Waals surface area contributed by atoms with Crippen molar-refractivity contribution in [1.82, 2.24) is 9.97 Å². The van der Waals surface area contributed by atoms with Crippen LogP contribution in [0.15, 0.2) is 18.3 Å². The van der Waals surface area contributed by atoms with Crippen LogP contribution in [0.1, 0.15) is 29.0 Å². The molecular weight excluding hydrogens is 322 g/mol. The second-order valence-corrected chi connectivity index (χ2v) is 7.13. The SMILES string of the molecule is Cc1nc(NC(=O)C2CCN(c3ccc(C#N)cn3)CC2)sc1C. The molecule has 0 atom stereocenters. The van der Waals surface area contributed by atoms with Crippen molar-refractivity contribution in [3.8, 4) is 6.07 Å². The lowest BCUT2D eigenvalue weighted by atomic mass is 9.96. The number of nitrogens with one attached hydrogen (secondary N) is 1. The number of anilines is 2. The minimum Gasteiger partial charge on any atom is -0.357 e. The molecule has 0 aliphatic carbocycles. The highest BCUT2D eigenvalue weighted by molar-refractivity contribution is 7.15. The molecule has 3 heterocycles. The molecular formula is C17H19N5OS. The van der Waals surface area contributed by atoms with E-state index in [1.807, 2.05) is 19.9 Å². The molecule has 3 rings (SSSR count). The molecule has 0 aromatic carbocycles. The van der Waals surface area contributed by atoms with Crippen LogP contribution in [-0.2, 0) is 4.79 Å². The molecule has 7 heteroatoms. The average molecular weight is 341 g/mol. The van der Waals surface area contributed by atoms with Crippen molar-refractivity contribution in [2.45, 2.75) is 26.7 Å². The number of amides is 1. The number of rotatable bonds is 3. The zero-order chi connectivity index (χ0) is 17.1. The summed E-state index contributed by atoms with van der Waals surface area (Å²) in [6, 6.07) is 5.70. The van der Waals surface area contributed by atoms with E-state index in [0.29, 0.717) is 10.7 Å². The molecule has 1 aliphatic heterocycles. The van der Waals surface area contributed by atoms with Crippen molar-refractivity contribution in [1.29, 1.82) is 5.26 Å². The number of aryl methyl sites for hydroxylation is 2. The third-order valence-electron chi connectivity index (χ3n) is 4.33. The van der Waals surface area contributed by atoms with Crippen LogP contribution in [0.25, 0.3) is 0 Å². The molecule has 0 radical (unpaired) electrons. The summed E-state index contributed by atoms with van der Waals surface area (Å²) in [6.45, 7) is 5.52. The standard InChI is InChI=1S/C17H19N5OS/c1-11-12(2)24-17(20-11)21-16(23)14-5-7-22(8-6-14)15-4-3-13(9-18)10-19-15/h3-4,10,14H,5-8H2,1-2H3,(H,20,21,23). The largest absolute Gasteiger partial charge is 0.357 e. The smallest absolute Gasteiger partial charge is 0.229 e. The van der Waals surface area contributed by atoms with Gasteiger partial charge >= 0.3 is 0 Å². The molecule has 2 aromatic rings. The van der Waals surface area contributed by atoms with Gasteiger partial charge in [-0.05, 0) is 38.8 Å². The maximum Gasteiger partial charge on any atom is 0.229 e. The highest BCUT2D eigenvalue weighted by Crippen LogP contribution is 2.25. The lowest BCUT2D eigenvalue weighted by molar-refractivity contribution is -0.120. The van der Waals surface area contributed by atoms with E-state index in [1.165, 1.54) is 11.3 Å². The summed E-state index contributed by atoms with van der Waals surface area (Å²) in [5.74, 6) is 0.916. The Bertz CT molecular complexity index is 750. The number of piperidine rings is 1. The topological polar surface area (TPSA) is 81.9 Å². The summed E-state index contributed by atoms with van der Waals surface area (Å²) in [5, 5.41) is 12.4. The summed E-state index contributed by atoms with van der Waals surface area (Å²) in [7, 11) is 0. The summed E-state index contributed by atoms with van der Waals surface area (Å²) in [4.78, 5) is 24.4. The highest BCUT2D eigenvalue weighted by Gasteiger charge is 2.26. The first-order valence-corrected chi connectivity index (χ1v) is 8.74. The monoisotopic (exact) mass is 341 g/mol. The quantitative estimate of drug-likeness (QED) is 0.928. The van der Waals surface area contributed by atoms with Gasteiger partial charge in [-0.3, -0.25) is 4.79 Å². The molecule has 24 heavy (non-hydrogen) atoms. The van der Waals surface area contributed by atoms with Crippen LogP contribution in [0.3, 0.4) is 0 Å². The molecule has 0 unspecified atom stereocenters. The summed E-state index contributed by atoms with van der Waals surface area (Å²) in [5.41, 5.74) is 1.53. The van der Waals surface area contributed by atoms with Crippen molar-refractivity contribution >= 4 is 28.2 Å². The van der Waals surface area contributed by atoms with Crippen molar-refractivity contribution in [3.05, 3.63) is 34.5 Å². The third-order valence-corrected chi connectivity index (χ3v) is 5.31. The second kappa shape index (κ2) is 6.97. The van der Waals surface area contributed by atoms with Crippen LogP contribution in [0, 0.1) is 31.1 Å². The number of pyridine rings is 1. The fraction of sp³-hybridized carbons (Fsp3) is 0.412. The van der Waals surface area contributed by atoms with E-state index in [2.05, 4.69) is 26.3 Å². The first kappa shape index (κ1) is 16.4. The molecule has 1 N–H and O–H groups in total. The minimum atomic E-state index is 0.00384. The van der Waals surface area contributed by atoms with E-state index in [0.717, 1.165) is 42.3 Å². The van der Waals surface area contributed by atoms with Crippen molar-refractivity contribution < 1.29 is 4.79 Å². The van der Waals surface area contributed by atoms with Gasteiger partial charge in [0, 0.05) is 30.1 Å². The average Bonchev–Trinajstić information content (AvgIpc) is 2.92. The van der Waals surface area contributed by atoms with Gasteiger partial charge in [-0.15, -0.1) is 11.3 Å². The molecule has 1 aliphatic rings. The maximum absolute atomic E-state index is 12.4. The predicted molar refractivity (Wildman–Crippen MR) is 94.1 cm³/mol. The maximum atomic E-state index is 12.4. The summed E-state index contributed by atoms with van der Waals surface area (Å²) >= 11 is 1.52. The molecule has 1 saturated heterocycles. The number of hydrogen-bond acceptors (Lipinski definition) is 6. The lowest BCUT2D eigenvalue weighted by Gasteiger charge is -2.31. The Labute approximate surface area is 145 Å². The first-order valence-electron chi connectivity index (χ1n) is 7.93. The number of nitriles is 1. The van der Waals surface area contributed by atoms with Crippen LogP contribution in [-0.4, -0.2) is 29.0 Å². The first-order chi connectivity index (χ1) is 11.6. The Morgan fingerprint density at radius 1 is 1.38 bits per heavy atom. The Balaban J connectivity index is 1.56. The van der Waals surface area contributed by atoms with Gasteiger partial charge in [-0.25, -0.2) is 9.97 Å². The molecule has 124 valence electrons. The van der Waals surface area contributed by atoms with Crippen molar-refractivity contribution in [3.63, 3.8) is 0 Å². The fourth-order valence-electron chi connectivity index (χ4n) is 2.74. The van der Waals surface area contributed by atoms with Gasteiger partial charge in [-0.2, -0.15) is 5.26 Å². The van der Waals surface area contributed by atoms with E-state index in [4.69, 9.17) is 5.26 Å². The molecule has 0 spiro atoms. The van der Waals surface area contributed by atoms with Crippen LogP contribution >= 0.6 is 11.3 Å². The van der Waals surface area contributed by atoms with Gasteiger partial charge < -0.3 is 10.2 Å². The Morgan fingerprint density at radius 3 is 2.67 bits per heavy atom. The summed E-state index contributed by atoms with van der Waals surface area (Å²) < 4.78 is 0. The van der Waals surface area contributed by atoms with E-state index < -0.39 is 0 Å².